The molecule has 1 aromatic rings. The molecule has 1 heterocycles. The molecule has 114 valence electrons. The quantitative estimate of drug-likeness (QED) is 0.863. The van der Waals surface area contributed by atoms with Crippen LogP contribution >= 0.6 is 0 Å². The second-order valence-electron chi connectivity index (χ2n) is 5.37. The Kier molecular flexibility index (Phi) is 4.23. The van der Waals surface area contributed by atoms with E-state index in [0.717, 1.165) is 11.3 Å². The molecule has 0 fully saturated rings. The molecular weight excluding hydrogens is 280 g/mol. The molecule has 0 bridgehead atoms. The van der Waals surface area contributed by atoms with Gasteiger partial charge in [-0.05, 0) is 17.7 Å². The zero-order chi connectivity index (χ0) is 15.4. The number of allylic oxidation sites excluding steroid dienone is 3. The Hall–Kier alpha value is -2.56. The normalized spacial score (nSPS) is 19.5. The Labute approximate surface area is 129 Å². The summed E-state index contributed by atoms with van der Waals surface area (Å²) in [6.07, 6.45) is 4.46. The number of hydrogen-bond acceptors (Lipinski definition) is 4. The van der Waals surface area contributed by atoms with E-state index in [9.17, 15) is 9.59 Å². The van der Waals surface area contributed by atoms with Gasteiger partial charge in [-0.1, -0.05) is 30.3 Å². The summed E-state index contributed by atoms with van der Waals surface area (Å²) in [6, 6.07) is 9.64. The molecule has 2 aliphatic rings. The number of nitrogens with one attached hydrogen (secondary N) is 2. The van der Waals surface area contributed by atoms with Crippen molar-refractivity contribution in [3.8, 4) is 0 Å². The first kappa shape index (κ1) is 14.4. The second-order valence-corrected chi connectivity index (χ2v) is 5.37. The molecule has 1 aromatic carbocycles. The number of carbonyl (C=O) groups is 2. The van der Waals surface area contributed by atoms with Crippen LogP contribution in [0.1, 0.15) is 18.4 Å². The van der Waals surface area contributed by atoms with Crippen molar-refractivity contribution in [2.24, 2.45) is 0 Å². The third-order valence-electron chi connectivity index (χ3n) is 3.61. The predicted molar refractivity (Wildman–Crippen MR) is 81.6 cm³/mol. The van der Waals surface area contributed by atoms with Crippen molar-refractivity contribution >= 4 is 11.7 Å². The van der Waals surface area contributed by atoms with Crippen LogP contribution in [0.2, 0.25) is 0 Å². The molecule has 2 N–H and O–H groups in total. The minimum Gasteiger partial charge on any atom is -0.472 e. The number of hydrogen-bond donors (Lipinski definition) is 2. The van der Waals surface area contributed by atoms with E-state index < -0.39 is 0 Å². The summed E-state index contributed by atoms with van der Waals surface area (Å²) >= 11 is 0. The van der Waals surface area contributed by atoms with Crippen LogP contribution in [0, 0.1) is 0 Å². The van der Waals surface area contributed by atoms with Crippen molar-refractivity contribution in [1.29, 1.82) is 0 Å². The Balaban J connectivity index is 1.39. The van der Waals surface area contributed by atoms with Crippen LogP contribution < -0.4 is 10.6 Å². The number of ether oxygens (including phenoxy) is 1. The van der Waals surface area contributed by atoms with E-state index in [4.69, 9.17) is 4.74 Å². The summed E-state index contributed by atoms with van der Waals surface area (Å²) in [4.78, 5) is 23.1. The van der Waals surface area contributed by atoms with Crippen LogP contribution in [0.3, 0.4) is 0 Å². The Morgan fingerprint density at radius 1 is 1.27 bits per heavy atom. The van der Waals surface area contributed by atoms with Crippen molar-refractivity contribution in [1.82, 2.24) is 10.6 Å². The predicted octanol–water partition coefficient (Wildman–Crippen LogP) is 1.42. The topological polar surface area (TPSA) is 67.4 Å². The van der Waals surface area contributed by atoms with Crippen LogP contribution in [0.5, 0.6) is 0 Å². The summed E-state index contributed by atoms with van der Waals surface area (Å²) in [5.41, 5.74) is 1.87. The van der Waals surface area contributed by atoms with Gasteiger partial charge in [-0.3, -0.25) is 9.59 Å². The molecule has 22 heavy (non-hydrogen) atoms. The number of rotatable bonds is 5. The molecule has 0 saturated carbocycles. The third kappa shape index (κ3) is 3.55. The van der Waals surface area contributed by atoms with Gasteiger partial charge in [0.2, 0.25) is 5.91 Å². The van der Waals surface area contributed by atoms with Gasteiger partial charge in [0.05, 0.1) is 18.5 Å². The highest BCUT2D eigenvalue weighted by Crippen LogP contribution is 2.24. The van der Waals surface area contributed by atoms with Crippen LogP contribution in [0.25, 0.3) is 0 Å². The summed E-state index contributed by atoms with van der Waals surface area (Å²) < 4.78 is 5.68. The van der Waals surface area contributed by atoms with Gasteiger partial charge in [0.25, 0.3) is 0 Å². The maximum Gasteiger partial charge on any atom is 0.224 e. The highest BCUT2D eigenvalue weighted by Gasteiger charge is 2.26. The third-order valence-corrected chi connectivity index (χ3v) is 3.61. The zero-order valence-electron chi connectivity index (χ0n) is 12.2. The largest absolute Gasteiger partial charge is 0.472 e. The number of benzene rings is 1. The summed E-state index contributed by atoms with van der Waals surface area (Å²) in [5, 5.41) is 6.09. The van der Waals surface area contributed by atoms with Crippen LogP contribution in [-0.2, 0) is 20.7 Å². The Bertz CT molecular complexity index is 635. The van der Waals surface area contributed by atoms with Crippen LogP contribution in [0.15, 0.2) is 53.9 Å². The van der Waals surface area contributed by atoms with Gasteiger partial charge in [0.15, 0.2) is 12.0 Å². The fourth-order valence-corrected chi connectivity index (χ4v) is 2.51. The van der Waals surface area contributed by atoms with E-state index >= 15 is 0 Å². The Morgan fingerprint density at radius 2 is 2.09 bits per heavy atom. The summed E-state index contributed by atoms with van der Waals surface area (Å²) in [6.45, 7) is 0.529. The molecule has 0 spiro atoms. The molecular formula is C17H18N2O3. The van der Waals surface area contributed by atoms with E-state index in [0.29, 0.717) is 31.6 Å². The van der Waals surface area contributed by atoms with Crippen molar-refractivity contribution in [2.45, 2.75) is 25.5 Å². The van der Waals surface area contributed by atoms with E-state index in [1.165, 1.54) is 0 Å². The minimum atomic E-state index is -0.183. The molecule has 0 saturated heterocycles. The van der Waals surface area contributed by atoms with E-state index in [1.807, 2.05) is 30.3 Å². The smallest absolute Gasteiger partial charge is 0.224 e. The molecule has 5 nitrogen and oxygen atoms in total. The van der Waals surface area contributed by atoms with Gasteiger partial charge >= 0.3 is 0 Å². The minimum absolute atomic E-state index is 0.00278. The summed E-state index contributed by atoms with van der Waals surface area (Å²) in [5.74, 6) is 0.752. The average Bonchev–Trinajstić information content (AvgIpc) is 2.90. The van der Waals surface area contributed by atoms with Crippen LogP contribution in [-0.4, -0.2) is 24.5 Å². The van der Waals surface area contributed by atoms with Crippen molar-refractivity contribution < 1.29 is 14.3 Å². The van der Waals surface area contributed by atoms with Gasteiger partial charge in [0, 0.05) is 13.0 Å². The molecule has 0 radical (unpaired) electrons. The maximum absolute atomic E-state index is 11.8. The first-order valence-corrected chi connectivity index (χ1v) is 7.38. The van der Waals surface area contributed by atoms with Gasteiger partial charge in [0.1, 0.15) is 5.76 Å². The lowest BCUT2D eigenvalue weighted by Gasteiger charge is -2.13. The molecule has 1 amide bonds. The monoisotopic (exact) mass is 298 g/mol. The molecule has 5 heteroatoms. The van der Waals surface area contributed by atoms with E-state index in [-0.39, 0.29) is 17.9 Å². The van der Waals surface area contributed by atoms with Crippen molar-refractivity contribution in [3.63, 3.8) is 0 Å². The zero-order valence-corrected chi connectivity index (χ0v) is 12.2. The molecule has 1 aliphatic carbocycles. The van der Waals surface area contributed by atoms with E-state index in [2.05, 4.69) is 10.6 Å². The van der Waals surface area contributed by atoms with Crippen molar-refractivity contribution in [2.75, 3.05) is 6.54 Å². The fourth-order valence-electron chi connectivity index (χ4n) is 2.51. The lowest BCUT2D eigenvalue weighted by atomic mass is 10.1. The lowest BCUT2D eigenvalue weighted by Crippen LogP contribution is -2.32. The molecule has 3 rings (SSSR count). The molecule has 1 atom stereocenters. The number of ketones is 1. The second kappa shape index (κ2) is 6.47. The molecule has 1 aliphatic heterocycles. The first-order valence-electron chi connectivity index (χ1n) is 7.38. The van der Waals surface area contributed by atoms with E-state index in [1.54, 1.807) is 12.2 Å². The standard InChI is InChI=1S/C17H18N2O3/c20-13-6-7-14-15(11-13)22-17(19-14)8-9-18-16(21)10-12-4-2-1-3-5-12/h1-7,17,19H,8-11H2,(H,18,21). The van der Waals surface area contributed by atoms with Gasteiger partial charge in [-0.2, -0.15) is 0 Å². The lowest BCUT2D eigenvalue weighted by molar-refractivity contribution is -0.120. The van der Waals surface area contributed by atoms with Crippen molar-refractivity contribution in [3.05, 3.63) is 59.5 Å². The highest BCUT2D eigenvalue weighted by atomic mass is 16.5. The molecule has 1 unspecified atom stereocenters. The number of amides is 1. The summed E-state index contributed by atoms with van der Waals surface area (Å²) in [7, 11) is 0. The van der Waals surface area contributed by atoms with Gasteiger partial charge in [-0.25, -0.2) is 0 Å². The average molecular weight is 298 g/mol. The Morgan fingerprint density at radius 3 is 2.91 bits per heavy atom. The number of carbonyl (C=O) groups excluding carboxylic acids is 2. The van der Waals surface area contributed by atoms with Gasteiger partial charge in [-0.15, -0.1) is 0 Å². The first-order chi connectivity index (χ1) is 10.7. The maximum atomic E-state index is 11.8. The van der Waals surface area contributed by atoms with Crippen LogP contribution in [0.4, 0.5) is 0 Å². The van der Waals surface area contributed by atoms with Gasteiger partial charge < -0.3 is 15.4 Å². The molecule has 0 aromatic heterocycles. The highest BCUT2D eigenvalue weighted by molar-refractivity contribution is 5.93. The SMILES string of the molecule is O=C1C=CC2=C(C1)OC(CCNC(=O)Cc1ccccc1)N2. The fraction of sp³-hybridized carbons (Fsp3) is 0.294.